The highest BCUT2D eigenvalue weighted by Gasteiger charge is 2.24. The Bertz CT molecular complexity index is 360. The largest absolute Gasteiger partial charge is 0.329 e. The molecule has 0 saturated carbocycles. The summed E-state index contributed by atoms with van der Waals surface area (Å²) in [7, 11) is 0. The van der Waals surface area contributed by atoms with E-state index >= 15 is 0 Å². The van der Waals surface area contributed by atoms with Gasteiger partial charge in [0, 0.05) is 25.4 Å². The van der Waals surface area contributed by atoms with Crippen LogP contribution in [-0.2, 0) is 6.54 Å². The second-order valence-electron chi connectivity index (χ2n) is 5.43. The fraction of sp³-hybridized carbons (Fsp3) is 0.692. The highest BCUT2D eigenvalue weighted by Crippen LogP contribution is 2.28. The summed E-state index contributed by atoms with van der Waals surface area (Å²) < 4.78 is 1.90. The Balaban J connectivity index is 2.73. The summed E-state index contributed by atoms with van der Waals surface area (Å²) >= 11 is 0. The molecule has 1 unspecified atom stereocenters. The molecule has 90 valence electrons. The molecule has 3 nitrogen and oxygen atoms in total. The predicted molar refractivity (Wildman–Crippen MR) is 65.5 cm³/mol. The van der Waals surface area contributed by atoms with Crippen molar-refractivity contribution in [3.8, 4) is 0 Å². The second kappa shape index (κ2) is 4.81. The van der Waals surface area contributed by atoms with Crippen LogP contribution < -0.4 is 0 Å². The van der Waals surface area contributed by atoms with Gasteiger partial charge in [0.15, 0.2) is 11.6 Å². The van der Waals surface area contributed by atoms with Gasteiger partial charge in [-0.05, 0) is 18.3 Å². The lowest BCUT2D eigenvalue weighted by Crippen LogP contribution is -2.22. The summed E-state index contributed by atoms with van der Waals surface area (Å²) in [5.74, 6) is 1.11. The van der Waals surface area contributed by atoms with Gasteiger partial charge in [0.1, 0.15) is 0 Å². The minimum atomic E-state index is 0.147. The lowest BCUT2D eigenvalue weighted by atomic mass is 9.79. The molecular formula is C13H22N2O. The Morgan fingerprint density at radius 2 is 2.12 bits per heavy atom. The molecule has 0 amide bonds. The van der Waals surface area contributed by atoms with E-state index in [1.807, 2.05) is 17.7 Å². The quantitative estimate of drug-likeness (QED) is 0.733. The number of Topliss-reactive ketones (excluding diaryl/α,β-unsaturated/α-hetero) is 1. The topological polar surface area (TPSA) is 34.9 Å². The third kappa shape index (κ3) is 2.94. The van der Waals surface area contributed by atoms with Gasteiger partial charge in [-0.3, -0.25) is 4.79 Å². The summed E-state index contributed by atoms with van der Waals surface area (Å²) in [5.41, 5.74) is 0.166. The molecule has 0 radical (unpaired) electrons. The van der Waals surface area contributed by atoms with Crippen molar-refractivity contribution in [2.24, 2.45) is 11.3 Å². The molecule has 0 fully saturated rings. The van der Waals surface area contributed by atoms with Crippen LogP contribution in [0.3, 0.4) is 0 Å². The number of rotatable bonds is 4. The summed E-state index contributed by atoms with van der Waals surface area (Å²) in [6.45, 7) is 11.4. The SMILES string of the molecule is CCn1ccnc1C(=O)CC(C)C(C)(C)C. The molecular weight excluding hydrogens is 200 g/mol. The summed E-state index contributed by atoms with van der Waals surface area (Å²) in [4.78, 5) is 16.2. The van der Waals surface area contributed by atoms with Crippen LogP contribution in [0.2, 0.25) is 0 Å². The Morgan fingerprint density at radius 1 is 1.50 bits per heavy atom. The van der Waals surface area contributed by atoms with E-state index in [0.717, 1.165) is 6.54 Å². The maximum absolute atomic E-state index is 12.1. The third-order valence-electron chi connectivity index (χ3n) is 3.28. The molecule has 0 aromatic carbocycles. The molecule has 1 atom stereocenters. The molecule has 1 rings (SSSR count). The van der Waals surface area contributed by atoms with Gasteiger partial charge in [-0.25, -0.2) is 4.98 Å². The third-order valence-corrected chi connectivity index (χ3v) is 3.28. The molecule has 3 heteroatoms. The van der Waals surface area contributed by atoms with Gasteiger partial charge >= 0.3 is 0 Å². The molecule has 0 aliphatic heterocycles. The van der Waals surface area contributed by atoms with E-state index in [-0.39, 0.29) is 11.2 Å². The zero-order valence-electron chi connectivity index (χ0n) is 10.9. The lowest BCUT2D eigenvalue weighted by Gasteiger charge is -2.26. The second-order valence-corrected chi connectivity index (χ2v) is 5.43. The Hall–Kier alpha value is -1.12. The van der Waals surface area contributed by atoms with Gasteiger partial charge in [-0.2, -0.15) is 0 Å². The Kier molecular flexibility index (Phi) is 3.89. The molecule has 0 bridgehead atoms. The normalized spacial score (nSPS) is 13.8. The monoisotopic (exact) mass is 222 g/mol. The first-order valence-electron chi connectivity index (χ1n) is 5.90. The minimum absolute atomic E-state index is 0.147. The maximum Gasteiger partial charge on any atom is 0.198 e. The van der Waals surface area contributed by atoms with Crippen LogP contribution in [0, 0.1) is 11.3 Å². The van der Waals surface area contributed by atoms with E-state index in [9.17, 15) is 4.79 Å². The average Bonchev–Trinajstić information content (AvgIpc) is 2.63. The highest BCUT2D eigenvalue weighted by atomic mass is 16.1. The van der Waals surface area contributed by atoms with Crippen molar-refractivity contribution in [2.75, 3.05) is 0 Å². The molecule has 1 heterocycles. The van der Waals surface area contributed by atoms with E-state index in [1.54, 1.807) is 6.20 Å². The first-order valence-corrected chi connectivity index (χ1v) is 5.90. The van der Waals surface area contributed by atoms with E-state index in [0.29, 0.717) is 18.2 Å². The van der Waals surface area contributed by atoms with Crippen LogP contribution in [-0.4, -0.2) is 15.3 Å². The van der Waals surface area contributed by atoms with Gasteiger partial charge in [-0.1, -0.05) is 27.7 Å². The molecule has 0 N–H and O–H groups in total. The summed E-state index contributed by atoms with van der Waals surface area (Å²) in [5, 5.41) is 0. The predicted octanol–water partition coefficient (Wildman–Crippen LogP) is 3.16. The standard InChI is InChI=1S/C13H22N2O/c1-6-15-8-7-14-12(15)11(16)9-10(2)13(3,4)5/h7-8,10H,6,9H2,1-5H3. The van der Waals surface area contributed by atoms with Crippen molar-refractivity contribution in [2.45, 2.75) is 47.6 Å². The zero-order valence-corrected chi connectivity index (χ0v) is 10.9. The first-order chi connectivity index (χ1) is 7.36. The van der Waals surface area contributed by atoms with E-state index in [4.69, 9.17) is 0 Å². The van der Waals surface area contributed by atoms with Crippen molar-refractivity contribution < 1.29 is 4.79 Å². The van der Waals surface area contributed by atoms with Crippen LogP contribution in [0.15, 0.2) is 12.4 Å². The first kappa shape index (κ1) is 12.9. The number of carbonyl (C=O) groups is 1. The fourth-order valence-electron chi connectivity index (χ4n) is 1.49. The van der Waals surface area contributed by atoms with Gasteiger partial charge < -0.3 is 4.57 Å². The molecule has 0 aliphatic rings. The number of hydrogen-bond acceptors (Lipinski definition) is 2. The van der Waals surface area contributed by atoms with Crippen LogP contribution in [0.4, 0.5) is 0 Å². The molecule has 0 saturated heterocycles. The molecule has 0 aliphatic carbocycles. The van der Waals surface area contributed by atoms with Gasteiger partial charge in [0.05, 0.1) is 0 Å². The van der Waals surface area contributed by atoms with Crippen LogP contribution in [0.1, 0.15) is 51.7 Å². The van der Waals surface area contributed by atoms with Gasteiger partial charge in [0.2, 0.25) is 0 Å². The molecule has 16 heavy (non-hydrogen) atoms. The van der Waals surface area contributed by atoms with Crippen molar-refractivity contribution >= 4 is 5.78 Å². The summed E-state index contributed by atoms with van der Waals surface area (Å²) in [6.07, 6.45) is 4.12. The average molecular weight is 222 g/mol. The smallest absolute Gasteiger partial charge is 0.198 e. The maximum atomic E-state index is 12.1. The highest BCUT2D eigenvalue weighted by molar-refractivity contribution is 5.92. The Morgan fingerprint density at radius 3 is 2.62 bits per heavy atom. The van der Waals surface area contributed by atoms with Crippen LogP contribution in [0.25, 0.3) is 0 Å². The molecule has 0 spiro atoms. The number of carbonyl (C=O) groups excluding carboxylic acids is 1. The minimum Gasteiger partial charge on any atom is -0.329 e. The van der Waals surface area contributed by atoms with E-state index < -0.39 is 0 Å². The number of aryl methyl sites for hydroxylation is 1. The van der Waals surface area contributed by atoms with E-state index in [1.165, 1.54) is 0 Å². The Labute approximate surface area is 97.9 Å². The summed E-state index contributed by atoms with van der Waals surface area (Å²) in [6, 6.07) is 0. The number of aromatic nitrogens is 2. The van der Waals surface area contributed by atoms with Crippen LogP contribution in [0.5, 0.6) is 0 Å². The van der Waals surface area contributed by atoms with Crippen molar-refractivity contribution in [1.82, 2.24) is 9.55 Å². The zero-order chi connectivity index (χ0) is 12.3. The number of hydrogen-bond donors (Lipinski definition) is 0. The number of imidazole rings is 1. The van der Waals surface area contributed by atoms with Crippen LogP contribution >= 0.6 is 0 Å². The lowest BCUT2D eigenvalue weighted by molar-refractivity contribution is 0.0913. The molecule has 1 aromatic rings. The van der Waals surface area contributed by atoms with Gasteiger partial charge in [-0.15, -0.1) is 0 Å². The van der Waals surface area contributed by atoms with Crippen molar-refractivity contribution in [3.63, 3.8) is 0 Å². The number of ketones is 1. The fourth-order valence-corrected chi connectivity index (χ4v) is 1.49. The number of nitrogens with zero attached hydrogens (tertiary/aromatic N) is 2. The van der Waals surface area contributed by atoms with E-state index in [2.05, 4.69) is 32.7 Å². The van der Waals surface area contributed by atoms with Crippen molar-refractivity contribution in [3.05, 3.63) is 18.2 Å². The van der Waals surface area contributed by atoms with Crippen molar-refractivity contribution in [1.29, 1.82) is 0 Å². The molecule has 1 aromatic heterocycles. The van der Waals surface area contributed by atoms with Gasteiger partial charge in [0.25, 0.3) is 0 Å².